The predicted molar refractivity (Wildman–Crippen MR) is 101 cm³/mol. The monoisotopic (exact) mass is 402 g/mol. The van der Waals surface area contributed by atoms with Crippen LogP contribution >= 0.6 is 0 Å². The van der Waals surface area contributed by atoms with Crippen molar-refractivity contribution in [3.05, 3.63) is 33.9 Å². The van der Waals surface area contributed by atoms with Gasteiger partial charge < -0.3 is 9.64 Å². The van der Waals surface area contributed by atoms with Crippen LogP contribution in [-0.4, -0.2) is 47.6 Å². The molecular formula is C19H22N4O6. The summed E-state index contributed by atoms with van der Waals surface area (Å²) in [7, 11) is 0. The van der Waals surface area contributed by atoms with Crippen molar-refractivity contribution in [3.63, 3.8) is 0 Å². The number of ether oxygens (including phenoxy) is 1. The third kappa shape index (κ3) is 2.55. The summed E-state index contributed by atoms with van der Waals surface area (Å²) in [6, 6.07) is 3.60. The molecule has 3 aliphatic heterocycles. The molecule has 0 radical (unpaired) electrons. The maximum Gasteiger partial charge on any atom is 0.328 e. The molecule has 10 heteroatoms. The van der Waals surface area contributed by atoms with E-state index in [4.69, 9.17) is 4.74 Å². The molecule has 2 N–H and O–H groups in total. The summed E-state index contributed by atoms with van der Waals surface area (Å²) in [5, 5.41) is 15.7. The van der Waals surface area contributed by atoms with Crippen LogP contribution in [0.5, 0.6) is 0 Å². The summed E-state index contributed by atoms with van der Waals surface area (Å²) < 4.78 is 6.05. The second-order valence-electron chi connectivity index (χ2n) is 8.37. The predicted octanol–water partition coefficient (Wildman–Crippen LogP) is 1.12. The Morgan fingerprint density at radius 2 is 1.90 bits per heavy atom. The average Bonchev–Trinajstić information content (AvgIpc) is 2.64. The third-order valence-corrected chi connectivity index (χ3v) is 6.45. The van der Waals surface area contributed by atoms with Gasteiger partial charge in [0.05, 0.1) is 23.2 Å². The summed E-state index contributed by atoms with van der Waals surface area (Å²) in [6.07, 6.45) is -0.213. The van der Waals surface area contributed by atoms with Crippen molar-refractivity contribution in [2.24, 2.45) is 11.3 Å². The molecule has 154 valence electrons. The van der Waals surface area contributed by atoms with Crippen molar-refractivity contribution in [3.8, 4) is 0 Å². The highest BCUT2D eigenvalue weighted by atomic mass is 16.6. The van der Waals surface area contributed by atoms with Crippen molar-refractivity contribution in [1.82, 2.24) is 10.6 Å². The van der Waals surface area contributed by atoms with Crippen LogP contribution in [0.15, 0.2) is 18.2 Å². The molecular weight excluding hydrogens is 380 g/mol. The number of nitrogens with one attached hydrogen (secondary N) is 2. The summed E-state index contributed by atoms with van der Waals surface area (Å²) in [5.74, 6) is -1.25. The molecule has 2 saturated heterocycles. The SMILES string of the molecule is CC(C)[C@H]1CN2c3ccc([N+](=O)[O-])cc3CC3(C(=O)NC(=O)NC3=O)[C@]2(C)CO1. The number of nitrogens with zero attached hydrogens (tertiary/aromatic N) is 2. The van der Waals surface area contributed by atoms with Gasteiger partial charge >= 0.3 is 6.03 Å². The van der Waals surface area contributed by atoms with E-state index in [-0.39, 0.29) is 30.7 Å². The number of nitro groups is 1. The molecule has 0 unspecified atom stereocenters. The highest BCUT2D eigenvalue weighted by Gasteiger charge is 2.67. The van der Waals surface area contributed by atoms with Crippen LogP contribution in [0.2, 0.25) is 0 Å². The molecule has 2 atom stereocenters. The number of amides is 4. The molecule has 4 amide bonds. The lowest BCUT2D eigenvalue weighted by atomic mass is 9.60. The lowest BCUT2D eigenvalue weighted by molar-refractivity contribution is -0.384. The van der Waals surface area contributed by atoms with Gasteiger partial charge in [0.2, 0.25) is 11.8 Å². The van der Waals surface area contributed by atoms with Gasteiger partial charge in [-0.25, -0.2) is 4.79 Å². The summed E-state index contributed by atoms with van der Waals surface area (Å²) >= 11 is 0. The zero-order valence-corrected chi connectivity index (χ0v) is 16.4. The van der Waals surface area contributed by atoms with E-state index in [1.54, 1.807) is 13.0 Å². The van der Waals surface area contributed by atoms with Crippen molar-refractivity contribution in [2.45, 2.75) is 38.8 Å². The first-order chi connectivity index (χ1) is 13.6. The fourth-order valence-corrected chi connectivity index (χ4v) is 4.67. The number of anilines is 1. The third-order valence-electron chi connectivity index (χ3n) is 6.45. The first-order valence-electron chi connectivity index (χ1n) is 9.43. The van der Waals surface area contributed by atoms with Crippen LogP contribution in [0.1, 0.15) is 26.3 Å². The topological polar surface area (TPSA) is 131 Å². The second kappa shape index (κ2) is 6.24. The number of barbiturate groups is 1. The summed E-state index contributed by atoms with van der Waals surface area (Å²) in [4.78, 5) is 50.6. The first-order valence-corrected chi connectivity index (χ1v) is 9.43. The number of carbonyl (C=O) groups is 3. The quantitative estimate of drug-likeness (QED) is 0.431. The number of urea groups is 1. The summed E-state index contributed by atoms with van der Waals surface area (Å²) in [6.45, 7) is 6.31. The van der Waals surface area contributed by atoms with Crippen molar-refractivity contribution in [1.29, 1.82) is 0 Å². The van der Waals surface area contributed by atoms with Gasteiger partial charge in [-0.15, -0.1) is 0 Å². The number of nitro benzene ring substituents is 1. The van der Waals surface area contributed by atoms with E-state index in [9.17, 15) is 24.5 Å². The van der Waals surface area contributed by atoms with Crippen molar-refractivity contribution in [2.75, 3.05) is 18.1 Å². The molecule has 2 fully saturated rings. The zero-order chi connectivity index (χ0) is 21.1. The molecule has 1 aromatic rings. The normalized spacial score (nSPS) is 27.9. The smallest absolute Gasteiger partial charge is 0.328 e. The Morgan fingerprint density at radius 3 is 2.48 bits per heavy atom. The second-order valence-corrected chi connectivity index (χ2v) is 8.37. The van der Waals surface area contributed by atoms with Crippen molar-refractivity contribution < 1.29 is 24.0 Å². The molecule has 1 aromatic carbocycles. The molecule has 0 bridgehead atoms. The van der Waals surface area contributed by atoms with E-state index in [2.05, 4.69) is 10.6 Å². The van der Waals surface area contributed by atoms with Gasteiger partial charge in [-0.1, -0.05) is 13.8 Å². The molecule has 0 aliphatic carbocycles. The van der Waals surface area contributed by atoms with Gasteiger partial charge in [0.1, 0.15) is 0 Å². The Balaban J connectivity index is 1.92. The fourth-order valence-electron chi connectivity index (χ4n) is 4.67. The number of non-ortho nitro benzene ring substituents is 1. The Bertz CT molecular complexity index is 925. The van der Waals surface area contributed by atoms with Gasteiger partial charge in [-0.3, -0.25) is 30.3 Å². The maximum absolute atomic E-state index is 13.1. The van der Waals surface area contributed by atoms with E-state index < -0.39 is 33.7 Å². The van der Waals surface area contributed by atoms with Gasteiger partial charge in [-0.2, -0.15) is 0 Å². The number of imide groups is 2. The molecule has 0 aromatic heterocycles. The standard InChI is InChI=1S/C19H22N4O6/c1-10(2)14-8-22-13-5-4-12(23(27)28)6-11(13)7-19(18(22,3)9-29-14)15(24)20-17(26)21-16(19)25/h4-6,10,14H,7-9H2,1-3H3,(H2,20,21,24,25,26)/t14-,18+/m1/s1. The molecule has 4 rings (SSSR count). The number of rotatable bonds is 2. The van der Waals surface area contributed by atoms with Crippen LogP contribution in [0, 0.1) is 21.4 Å². The van der Waals surface area contributed by atoms with E-state index in [0.29, 0.717) is 12.1 Å². The van der Waals surface area contributed by atoms with Crippen LogP contribution < -0.4 is 15.5 Å². The maximum atomic E-state index is 13.1. The van der Waals surface area contributed by atoms with Gasteiger partial charge in [-0.05, 0) is 24.5 Å². The highest BCUT2D eigenvalue weighted by Crippen LogP contribution is 2.52. The Morgan fingerprint density at radius 1 is 1.24 bits per heavy atom. The minimum atomic E-state index is -1.66. The number of fused-ring (bicyclic) bond motifs is 4. The number of morpholine rings is 1. The lowest BCUT2D eigenvalue weighted by Gasteiger charge is -2.60. The highest BCUT2D eigenvalue weighted by molar-refractivity contribution is 6.21. The molecule has 3 aliphatic rings. The number of hydrogen-bond donors (Lipinski definition) is 2. The van der Waals surface area contributed by atoms with Crippen LogP contribution in [0.4, 0.5) is 16.2 Å². The molecule has 10 nitrogen and oxygen atoms in total. The molecule has 1 spiro atoms. The van der Waals surface area contributed by atoms with Crippen LogP contribution in [0.3, 0.4) is 0 Å². The number of carbonyl (C=O) groups excluding carboxylic acids is 3. The Hall–Kier alpha value is -3.01. The molecule has 29 heavy (non-hydrogen) atoms. The zero-order valence-electron chi connectivity index (χ0n) is 16.4. The Kier molecular flexibility index (Phi) is 4.16. The van der Waals surface area contributed by atoms with Crippen molar-refractivity contribution >= 4 is 29.2 Å². The van der Waals surface area contributed by atoms with Gasteiger partial charge in [0.15, 0.2) is 5.41 Å². The molecule has 3 heterocycles. The lowest BCUT2D eigenvalue weighted by Crippen LogP contribution is -2.79. The van der Waals surface area contributed by atoms with Gasteiger partial charge in [0, 0.05) is 30.8 Å². The largest absolute Gasteiger partial charge is 0.374 e. The first kappa shape index (κ1) is 19.3. The summed E-state index contributed by atoms with van der Waals surface area (Å²) in [5.41, 5.74) is -1.61. The van der Waals surface area contributed by atoms with Crippen LogP contribution in [-0.2, 0) is 20.7 Å². The number of benzene rings is 1. The fraction of sp³-hybridized carbons (Fsp3) is 0.526. The Labute approximate surface area is 166 Å². The minimum absolute atomic E-state index is 0.0718. The van der Waals surface area contributed by atoms with E-state index >= 15 is 0 Å². The van der Waals surface area contributed by atoms with Gasteiger partial charge in [0.25, 0.3) is 5.69 Å². The number of hydrogen-bond acceptors (Lipinski definition) is 7. The van der Waals surface area contributed by atoms with Crippen LogP contribution in [0.25, 0.3) is 0 Å². The average molecular weight is 402 g/mol. The van der Waals surface area contributed by atoms with E-state index in [1.165, 1.54) is 12.1 Å². The van der Waals surface area contributed by atoms with E-state index in [1.807, 2.05) is 18.7 Å². The van der Waals surface area contributed by atoms with E-state index in [0.717, 1.165) is 5.69 Å². The molecule has 0 saturated carbocycles. The minimum Gasteiger partial charge on any atom is -0.374 e.